The van der Waals surface area contributed by atoms with E-state index in [1.54, 1.807) is 0 Å². The molecule has 0 aromatic heterocycles. The van der Waals surface area contributed by atoms with Gasteiger partial charge in [0, 0.05) is 19.3 Å². The van der Waals surface area contributed by atoms with E-state index in [-0.39, 0.29) is 18.6 Å². The molecule has 0 aromatic rings. The lowest BCUT2D eigenvalue weighted by atomic mass is 10.4. The molecule has 5 nitrogen and oxygen atoms in total. The van der Waals surface area contributed by atoms with Crippen LogP contribution in [0, 0.1) is 0 Å². The number of carboxylic acids is 2. The molecule has 6 heteroatoms. The number of carbonyl (C=O) groups excluding carboxylic acids is 1. The average molecular weight is 248 g/mol. The van der Waals surface area contributed by atoms with E-state index in [0.717, 1.165) is 0 Å². The van der Waals surface area contributed by atoms with Crippen LogP contribution in [0.4, 0.5) is 0 Å². The number of aliphatic carboxylic acids is 2. The van der Waals surface area contributed by atoms with Crippen LogP contribution in [0.25, 0.3) is 0 Å². The van der Waals surface area contributed by atoms with Gasteiger partial charge in [-0.2, -0.15) is 0 Å². The Hall–Kier alpha value is -0.960. The quantitative estimate of drug-likeness (QED) is 0.602. The number of Topliss-reactive ketones (excluding diaryl/α,β-unsaturated/α-hetero) is 1. The predicted molar refractivity (Wildman–Crippen MR) is 61.3 cm³/mol. The van der Waals surface area contributed by atoms with Crippen LogP contribution in [0.2, 0.25) is 0 Å². The first kappa shape index (κ1) is 15.0. The van der Waals surface area contributed by atoms with Crippen molar-refractivity contribution in [2.24, 2.45) is 0 Å². The monoisotopic (exact) mass is 248 g/mol. The summed E-state index contributed by atoms with van der Waals surface area (Å²) in [7, 11) is -0.641. The molecule has 0 spiro atoms. The third-order valence-corrected chi connectivity index (χ3v) is 4.63. The summed E-state index contributed by atoms with van der Waals surface area (Å²) < 4.78 is 0. The molecule has 0 amide bonds. The molecule has 0 aliphatic rings. The molecule has 0 fully saturated rings. The lowest BCUT2D eigenvalue weighted by molar-refractivity contribution is -0.137. The molecular formula is C10H17O5P. The molecule has 16 heavy (non-hydrogen) atoms. The molecular weight excluding hydrogens is 231 g/mol. The van der Waals surface area contributed by atoms with Crippen molar-refractivity contribution >= 4 is 25.6 Å². The predicted octanol–water partition coefficient (Wildman–Crippen LogP) is 1.40. The van der Waals surface area contributed by atoms with Crippen LogP contribution in [-0.2, 0) is 14.4 Å². The molecule has 0 saturated heterocycles. The third-order valence-electron chi connectivity index (χ3n) is 2.06. The van der Waals surface area contributed by atoms with Gasteiger partial charge in [0.1, 0.15) is 5.78 Å². The molecule has 0 saturated carbocycles. The molecule has 92 valence electrons. The minimum absolute atomic E-state index is 0.0588. The number of carbonyl (C=O) groups is 3. The molecule has 0 aliphatic carbocycles. The molecule has 0 atom stereocenters. The minimum Gasteiger partial charge on any atom is -0.481 e. The topological polar surface area (TPSA) is 91.7 Å². The Morgan fingerprint density at radius 1 is 0.875 bits per heavy atom. The van der Waals surface area contributed by atoms with E-state index in [4.69, 9.17) is 10.2 Å². The molecule has 0 unspecified atom stereocenters. The normalized spacial score (nSPS) is 10.4. The first-order valence-electron chi connectivity index (χ1n) is 5.07. The van der Waals surface area contributed by atoms with Crippen molar-refractivity contribution in [2.75, 3.05) is 18.5 Å². The van der Waals surface area contributed by atoms with E-state index < -0.39 is 19.9 Å². The van der Waals surface area contributed by atoms with Crippen molar-refractivity contribution in [3.8, 4) is 0 Å². The summed E-state index contributed by atoms with van der Waals surface area (Å²) in [5.74, 6) is -1.67. The average Bonchev–Trinajstić information content (AvgIpc) is 2.15. The summed E-state index contributed by atoms with van der Waals surface area (Å²) in [5.41, 5.74) is 0. The number of hydrogen-bond acceptors (Lipinski definition) is 3. The standard InChI is InChI=1S/C10H17O5P/c1-8(11)2-5-16(6-3-9(12)13)7-4-10(14)15/h2-7H2,1H3,(H,12,13)(H,14,15). The van der Waals surface area contributed by atoms with Crippen LogP contribution in [0.3, 0.4) is 0 Å². The maximum atomic E-state index is 10.8. The summed E-state index contributed by atoms with van der Waals surface area (Å²) in [5, 5.41) is 17.1. The van der Waals surface area contributed by atoms with Crippen LogP contribution in [0.15, 0.2) is 0 Å². The SMILES string of the molecule is CC(=O)CCP(CCC(=O)O)CCC(=O)O. The molecule has 0 radical (unpaired) electrons. The van der Waals surface area contributed by atoms with E-state index in [2.05, 4.69) is 0 Å². The van der Waals surface area contributed by atoms with Crippen molar-refractivity contribution in [1.82, 2.24) is 0 Å². The Morgan fingerprint density at radius 2 is 1.25 bits per heavy atom. The molecule has 0 bridgehead atoms. The highest BCUT2D eigenvalue weighted by Crippen LogP contribution is 2.37. The maximum absolute atomic E-state index is 10.8. The van der Waals surface area contributed by atoms with Gasteiger partial charge < -0.3 is 15.0 Å². The lowest BCUT2D eigenvalue weighted by Crippen LogP contribution is -2.06. The zero-order valence-electron chi connectivity index (χ0n) is 9.31. The second-order valence-electron chi connectivity index (χ2n) is 3.58. The van der Waals surface area contributed by atoms with E-state index >= 15 is 0 Å². The zero-order chi connectivity index (χ0) is 12.6. The first-order chi connectivity index (χ1) is 7.41. The molecule has 2 N–H and O–H groups in total. The van der Waals surface area contributed by atoms with E-state index in [0.29, 0.717) is 24.9 Å². The number of carboxylic acid groups (broad SMARTS) is 2. The molecule has 0 heterocycles. The van der Waals surface area contributed by atoms with Crippen molar-refractivity contribution in [2.45, 2.75) is 26.2 Å². The van der Waals surface area contributed by atoms with Crippen molar-refractivity contribution in [3.05, 3.63) is 0 Å². The molecule has 0 aliphatic heterocycles. The van der Waals surface area contributed by atoms with Gasteiger partial charge in [-0.3, -0.25) is 9.59 Å². The smallest absolute Gasteiger partial charge is 0.303 e. The van der Waals surface area contributed by atoms with Crippen LogP contribution in [0.1, 0.15) is 26.2 Å². The van der Waals surface area contributed by atoms with E-state index in [1.807, 2.05) is 0 Å². The number of hydrogen-bond donors (Lipinski definition) is 2. The van der Waals surface area contributed by atoms with Crippen LogP contribution >= 0.6 is 7.92 Å². The Balaban J connectivity index is 3.98. The summed E-state index contributed by atoms with van der Waals surface area (Å²) in [4.78, 5) is 31.6. The van der Waals surface area contributed by atoms with Crippen molar-refractivity contribution < 1.29 is 24.6 Å². The second-order valence-corrected chi connectivity index (χ2v) is 6.26. The fourth-order valence-corrected chi connectivity index (χ4v) is 3.48. The summed E-state index contributed by atoms with van der Waals surface area (Å²) in [6.45, 7) is 1.49. The summed E-state index contributed by atoms with van der Waals surface area (Å²) in [6.07, 6.45) is 2.19. The van der Waals surface area contributed by atoms with Crippen molar-refractivity contribution in [3.63, 3.8) is 0 Å². The Morgan fingerprint density at radius 3 is 1.56 bits per heavy atom. The van der Waals surface area contributed by atoms with Crippen LogP contribution in [-0.4, -0.2) is 46.4 Å². The first-order valence-corrected chi connectivity index (χ1v) is 6.97. The molecule has 0 aromatic carbocycles. The molecule has 0 rings (SSSR count). The van der Waals surface area contributed by atoms with Gasteiger partial charge in [-0.25, -0.2) is 0 Å². The van der Waals surface area contributed by atoms with Gasteiger partial charge in [0.2, 0.25) is 0 Å². The van der Waals surface area contributed by atoms with Gasteiger partial charge in [0.25, 0.3) is 0 Å². The lowest BCUT2D eigenvalue weighted by Gasteiger charge is -2.14. The van der Waals surface area contributed by atoms with Crippen LogP contribution in [0.5, 0.6) is 0 Å². The highest BCUT2D eigenvalue weighted by atomic mass is 31.1. The van der Waals surface area contributed by atoms with E-state index in [1.165, 1.54) is 6.92 Å². The maximum Gasteiger partial charge on any atom is 0.303 e. The fourth-order valence-electron chi connectivity index (χ4n) is 1.16. The van der Waals surface area contributed by atoms with Gasteiger partial charge in [0.05, 0.1) is 0 Å². The third kappa shape index (κ3) is 9.59. The summed E-state index contributed by atoms with van der Waals surface area (Å²) in [6, 6.07) is 0. The highest BCUT2D eigenvalue weighted by Gasteiger charge is 2.12. The number of ketones is 1. The van der Waals surface area contributed by atoms with Gasteiger partial charge in [-0.05, 0) is 25.4 Å². The summed E-state index contributed by atoms with van der Waals surface area (Å²) >= 11 is 0. The zero-order valence-corrected chi connectivity index (χ0v) is 10.2. The Kier molecular flexibility index (Phi) is 7.73. The minimum atomic E-state index is -0.870. The van der Waals surface area contributed by atoms with Gasteiger partial charge >= 0.3 is 11.9 Å². The van der Waals surface area contributed by atoms with Gasteiger partial charge in [0.15, 0.2) is 0 Å². The van der Waals surface area contributed by atoms with Crippen LogP contribution < -0.4 is 0 Å². The largest absolute Gasteiger partial charge is 0.481 e. The highest BCUT2D eigenvalue weighted by molar-refractivity contribution is 7.57. The van der Waals surface area contributed by atoms with E-state index in [9.17, 15) is 14.4 Å². The fraction of sp³-hybridized carbons (Fsp3) is 0.700. The van der Waals surface area contributed by atoms with Gasteiger partial charge in [-0.1, -0.05) is 0 Å². The Bertz CT molecular complexity index is 221. The second kappa shape index (κ2) is 8.22. The number of rotatable bonds is 9. The Labute approximate surface area is 95.6 Å². The van der Waals surface area contributed by atoms with Crippen molar-refractivity contribution in [1.29, 1.82) is 0 Å². The van der Waals surface area contributed by atoms with Gasteiger partial charge in [-0.15, -0.1) is 7.92 Å².